The van der Waals surface area contributed by atoms with Crippen molar-refractivity contribution in [3.63, 3.8) is 0 Å². The van der Waals surface area contributed by atoms with E-state index in [9.17, 15) is 40.5 Å². The van der Waals surface area contributed by atoms with Gasteiger partial charge in [-0.15, -0.1) is 34.0 Å². The van der Waals surface area contributed by atoms with Crippen LogP contribution in [-0.4, -0.2) is 46.3 Å². The van der Waals surface area contributed by atoms with Crippen molar-refractivity contribution in [2.24, 2.45) is 0 Å². The molecule has 4 aliphatic rings. The monoisotopic (exact) mass is 1220 g/mol. The average molecular weight is 1220 g/mol. The first-order valence-corrected chi connectivity index (χ1v) is 29.7. The quantitative estimate of drug-likeness (QED) is 0.0348. The first-order valence-electron chi connectivity index (χ1n) is 27.3. The normalized spacial score (nSPS) is 15.7. The summed E-state index contributed by atoms with van der Waals surface area (Å²) in [6.45, 7) is -1.57. The molecule has 6 aromatic carbocycles. The molecule has 3 heterocycles. The highest BCUT2D eigenvalue weighted by molar-refractivity contribution is 7.29. The number of thiophene rings is 3. The number of nitriles is 4. The van der Waals surface area contributed by atoms with Gasteiger partial charge in [-0.3, -0.25) is 33.6 Å². The first-order chi connectivity index (χ1) is 43.2. The molecule has 0 aliphatic heterocycles. The fraction of sp³-hybridized carbons (Fsp3) is 0.100. The van der Waals surface area contributed by atoms with E-state index < -0.39 is 76.9 Å². The molecular formula is C70H38N4O12S3. The number of allylic oxidation sites excluding steroid dienone is 1. The molecule has 428 valence electrons. The van der Waals surface area contributed by atoms with Gasteiger partial charge < -0.3 is 24.1 Å². The number of ketones is 3. The highest BCUT2D eigenvalue weighted by Crippen LogP contribution is 2.69. The van der Waals surface area contributed by atoms with E-state index >= 15 is 19.2 Å². The van der Waals surface area contributed by atoms with E-state index in [1.807, 2.05) is 24.3 Å². The molecule has 0 saturated carbocycles. The lowest BCUT2D eigenvalue weighted by Crippen LogP contribution is -2.45. The lowest BCUT2D eigenvalue weighted by atomic mass is 9.76. The molecule has 0 radical (unpaired) electrons. The molecule has 4 aliphatic carbocycles. The van der Waals surface area contributed by atoms with Crippen molar-refractivity contribution < 1.29 is 57.6 Å². The second kappa shape index (κ2) is 22.5. The van der Waals surface area contributed by atoms with E-state index in [0.29, 0.717) is 31.8 Å². The van der Waals surface area contributed by atoms with Gasteiger partial charge in [0.05, 0.1) is 32.5 Å². The maximum Gasteiger partial charge on any atom is 0.333 e. The number of carbonyl (C=O) groups excluding carboxylic acids is 7. The van der Waals surface area contributed by atoms with Crippen molar-refractivity contribution >= 4 is 108 Å². The molecule has 19 heteroatoms. The predicted octanol–water partition coefficient (Wildman–Crippen LogP) is 11.7. The number of ether oxygens (including phenoxy) is 4. The van der Waals surface area contributed by atoms with E-state index in [1.165, 1.54) is 42.5 Å². The zero-order valence-electron chi connectivity index (χ0n) is 46.0. The van der Waals surface area contributed by atoms with Crippen LogP contribution < -0.4 is 0 Å². The van der Waals surface area contributed by atoms with Crippen molar-refractivity contribution in [3.8, 4) is 24.3 Å². The maximum atomic E-state index is 16.4. The smallest absolute Gasteiger partial charge is 0.333 e. The van der Waals surface area contributed by atoms with Crippen LogP contribution >= 0.6 is 34.0 Å². The number of hydrogen-bond donors (Lipinski definition) is 1. The van der Waals surface area contributed by atoms with E-state index in [2.05, 4.69) is 0 Å². The molecule has 9 aromatic rings. The lowest BCUT2D eigenvalue weighted by molar-refractivity contribution is -0.165. The average Bonchev–Trinajstić information content (AvgIpc) is 1.48. The van der Waals surface area contributed by atoms with Gasteiger partial charge in [0.25, 0.3) is 0 Å². The highest BCUT2D eigenvalue weighted by Gasteiger charge is 2.72. The second-order valence-corrected chi connectivity index (χ2v) is 24.2. The molecule has 0 amide bonds. The molecule has 1 N–H and O–H groups in total. The highest BCUT2D eigenvalue weighted by atomic mass is 32.1. The molecular weight excluding hydrogens is 1180 g/mol. The Labute approximate surface area is 517 Å². The van der Waals surface area contributed by atoms with Gasteiger partial charge in [-0.2, -0.15) is 21.0 Å². The number of esters is 4. The Bertz CT molecular complexity index is 4730. The number of Topliss-reactive ketones (excluding diaryl/α,β-unsaturated/α-hetero) is 3. The van der Waals surface area contributed by atoms with Crippen LogP contribution in [0.25, 0.3) is 32.7 Å². The molecule has 16 nitrogen and oxygen atoms in total. The van der Waals surface area contributed by atoms with Gasteiger partial charge in [0, 0.05) is 68.7 Å². The molecule has 1 unspecified atom stereocenters. The predicted molar refractivity (Wildman–Crippen MR) is 325 cm³/mol. The number of nitrogens with zero attached hydrogens (tertiary/aromatic N) is 4. The van der Waals surface area contributed by atoms with Gasteiger partial charge in [0.2, 0.25) is 10.8 Å². The van der Waals surface area contributed by atoms with Crippen molar-refractivity contribution in [2.45, 2.75) is 43.4 Å². The minimum Gasteiger partial charge on any atom is -0.459 e. The largest absolute Gasteiger partial charge is 0.459 e. The summed E-state index contributed by atoms with van der Waals surface area (Å²) >= 11 is 2.85. The van der Waals surface area contributed by atoms with E-state index in [4.69, 9.17) is 18.9 Å². The summed E-state index contributed by atoms with van der Waals surface area (Å²) in [6, 6.07) is 50.1. The lowest BCUT2D eigenvalue weighted by Gasteiger charge is -2.29. The number of carbonyl (C=O) groups is 7. The summed E-state index contributed by atoms with van der Waals surface area (Å²) in [4.78, 5) is 108. The Kier molecular flexibility index (Phi) is 14.4. The topological polar surface area (TPSA) is 272 Å². The van der Waals surface area contributed by atoms with Crippen LogP contribution in [0.15, 0.2) is 169 Å². The van der Waals surface area contributed by atoms with Crippen LogP contribution in [0.1, 0.15) is 118 Å². The molecule has 0 fully saturated rings. The molecule has 0 bridgehead atoms. The maximum absolute atomic E-state index is 16.4. The van der Waals surface area contributed by atoms with Gasteiger partial charge in [-0.05, 0) is 76.4 Å². The Balaban J connectivity index is 1.08. The van der Waals surface area contributed by atoms with Gasteiger partial charge in [0.1, 0.15) is 56.8 Å². The summed E-state index contributed by atoms with van der Waals surface area (Å²) in [5.41, 5.74) is -5.02. The third-order valence-electron chi connectivity index (χ3n) is 15.9. The summed E-state index contributed by atoms with van der Waals surface area (Å²) < 4.78 is 25.9. The van der Waals surface area contributed by atoms with Crippen molar-refractivity contribution in [3.05, 3.63) is 266 Å². The SMILES string of the molecule is N#Cc1cc2c(cc1C#N)C(=O)C(=Cc1cc3c(s1)C1=C(c4sc5cc(/C=C6/C(=O)c7cc(C#N)c(C#N)cc7C6O)sc5c4C1(C(=O)OCc1ccccc1)C(=O)OCc1ccccc1)C3(C(=O)OCc1ccccc1)C(=O)OCc1ccccc1)C2=O. The van der Waals surface area contributed by atoms with Crippen LogP contribution in [0, 0.1) is 45.3 Å². The fourth-order valence-corrected chi connectivity index (χ4v) is 15.9. The van der Waals surface area contributed by atoms with Crippen LogP contribution in [0.4, 0.5) is 0 Å². The first kappa shape index (κ1) is 56.8. The van der Waals surface area contributed by atoms with Crippen molar-refractivity contribution in [2.75, 3.05) is 0 Å². The van der Waals surface area contributed by atoms with Gasteiger partial charge in [-0.1, -0.05) is 121 Å². The van der Waals surface area contributed by atoms with Crippen LogP contribution in [0.5, 0.6) is 0 Å². The Morgan fingerprint density at radius 2 is 0.876 bits per heavy atom. The number of benzene rings is 6. The van der Waals surface area contributed by atoms with Crippen LogP contribution in [0.3, 0.4) is 0 Å². The molecule has 89 heavy (non-hydrogen) atoms. The molecule has 1 atom stereocenters. The Morgan fingerprint density at radius 3 is 1.33 bits per heavy atom. The number of rotatable bonds is 14. The van der Waals surface area contributed by atoms with Crippen LogP contribution in [0.2, 0.25) is 0 Å². The molecule has 0 spiro atoms. The summed E-state index contributed by atoms with van der Waals surface area (Å²) in [5, 5.41) is 51.1. The fourth-order valence-electron chi connectivity index (χ4n) is 11.8. The van der Waals surface area contributed by atoms with Crippen LogP contribution in [-0.2, 0) is 75.4 Å². The number of fused-ring (bicyclic) bond motifs is 8. The second-order valence-electron chi connectivity index (χ2n) is 21.0. The summed E-state index contributed by atoms with van der Waals surface area (Å²) in [5.74, 6) is -6.97. The van der Waals surface area contributed by atoms with Gasteiger partial charge in [0.15, 0.2) is 17.3 Å². The molecule has 3 aromatic heterocycles. The van der Waals surface area contributed by atoms with E-state index in [-0.39, 0.29) is 105 Å². The number of aliphatic hydroxyl groups excluding tert-OH is 1. The number of aliphatic hydroxyl groups is 1. The van der Waals surface area contributed by atoms with Crippen molar-refractivity contribution in [1.29, 1.82) is 21.0 Å². The van der Waals surface area contributed by atoms with Gasteiger partial charge in [-0.25, -0.2) is 0 Å². The minimum absolute atomic E-state index is 0.0180. The number of hydrogen-bond acceptors (Lipinski definition) is 19. The van der Waals surface area contributed by atoms with E-state index in [0.717, 1.165) is 34.0 Å². The summed E-state index contributed by atoms with van der Waals surface area (Å²) in [7, 11) is 0. The van der Waals surface area contributed by atoms with E-state index in [1.54, 1.807) is 127 Å². The zero-order valence-corrected chi connectivity index (χ0v) is 48.5. The zero-order chi connectivity index (χ0) is 61.9. The standard InChI is InChI=1S/C70H38N4O12S3/c71-29-41-21-47-48(22-42(41)30-72)59(76)51(58(47)75)25-45-27-53-62(87-45)55-56(69(53,65(79)83-33-37-13-5-1-6-14-37)66(80)84-34-38-15-7-2-8-16-38)64-57(70(55,67(81)85-35-39-17-9-3-10-18-39)68(82)86-36-40-19-11-4-12-20-40)63-54(89-64)28-46(88-63)26-52-60(77)49-23-43(31-73)44(32-74)24-50(49)61(52)78/h1-28,60,77H,33-36H2/b52-26+. The summed E-state index contributed by atoms with van der Waals surface area (Å²) in [6.07, 6.45) is 1.14. The van der Waals surface area contributed by atoms with Gasteiger partial charge >= 0.3 is 23.9 Å². The third-order valence-corrected chi connectivity index (χ3v) is 19.4. The Hall–Kier alpha value is -11.3. The molecule has 0 saturated heterocycles. The minimum atomic E-state index is -2.76. The Morgan fingerprint density at radius 1 is 0.472 bits per heavy atom. The third kappa shape index (κ3) is 9.12. The van der Waals surface area contributed by atoms with Crippen molar-refractivity contribution in [1.82, 2.24) is 0 Å². The molecule has 13 rings (SSSR count).